The second-order valence-corrected chi connectivity index (χ2v) is 17.7. The van der Waals surface area contributed by atoms with Gasteiger partial charge in [-0.2, -0.15) is 0 Å². The third kappa shape index (κ3) is 41.9. The molecule has 0 radical (unpaired) electrons. The first-order valence-electron chi connectivity index (χ1n) is 22.5. The van der Waals surface area contributed by atoms with Crippen LogP contribution in [0.15, 0.2) is 48.6 Å². The van der Waals surface area contributed by atoms with E-state index in [0.29, 0.717) is 23.9 Å². The van der Waals surface area contributed by atoms with Crippen molar-refractivity contribution in [3.05, 3.63) is 48.6 Å². The molecule has 3 atom stereocenters. The molecule has 0 rings (SSSR count). The van der Waals surface area contributed by atoms with Gasteiger partial charge >= 0.3 is 11.9 Å². The molecule has 0 fully saturated rings. The Morgan fingerprint density at radius 2 is 1.18 bits per heavy atom. The number of ether oxygens (including phenoxy) is 2. The van der Waals surface area contributed by atoms with E-state index in [0.717, 1.165) is 57.8 Å². The minimum absolute atomic E-state index is 0.0496. The van der Waals surface area contributed by atoms with Crippen LogP contribution in [0.5, 0.6) is 0 Å². The van der Waals surface area contributed by atoms with Gasteiger partial charge in [-0.1, -0.05) is 172 Å². The highest BCUT2D eigenvalue weighted by Crippen LogP contribution is 2.38. The average molecular weight is 826 g/mol. The molecular weight excluding hydrogens is 741 g/mol. The average Bonchev–Trinajstić information content (AvgIpc) is 3.15. The van der Waals surface area contributed by atoms with Gasteiger partial charge in [0.25, 0.3) is 7.82 Å². The number of carbonyl (C=O) groups is 2. The molecule has 0 heterocycles. The van der Waals surface area contributed by atoms with E-state index in [4.69, 9.17) is 18.5 Å². The van der Waals surface area contributed by atoms with E-state index < -0.39 is 32.5 Å². The summed E-state index contributed by atoms with van der Waals surface area (Å²) in [6.07, 6.45) is 40.4. The van der Waals surface area contributed by atoms with Crippen molar-refractivity contribution in [3.63, 3.8) is 0 Å². The highest BCUT2D eigenvalue weighted by atomic mass is 31.2. The number of phosphoric ester groups is 1. The molecule has 0 aromatic heterocycles. The van der Waals surface area contributed by atoms with Crippen molar-refractivity contribution in [2.45, 2.75) is 187 Å². The molecule has 0 aromatic rings. The smallest absolute Gasteiger partial charge is 0.306 e. The Morgan fingerprint density at radius 3 is 1.77 bits per heavy atom. The molecule has 0 saturated carbocycles. The van der Waals surface area contributed by atoms with Gasteiger partial charge in [0.2, 0.25) is 0 Å². The number of phosphoric acid groups is 1. The van der Waals surface area contributed by atoms with Crippen LogP contribution in [0.1, 0.15) is 174 Å². The van der Waals surface area contributed by atoms with Gasteiger partial charge in [0, 0.05) is 12.8 Å². The minimum atomic E-state index is -4.65. The quantitative estimate of drug-likeness (QED) is 0.0160. The summed E-state index contributed by atoms with van der Waals surface area (Å²) in [4.78, 5) is 37.5. The molecule has 57 heavy (non-hydrogen) atoms. The zero-order valence-electron chi connectivity index (χ0n) is 36.9. The van der Waals surface area contributed by atoms with Crippen LogP contribution in [0.3, 0.4) is 0 Å². The van der Waals surface area contributed by atoms with Crippen LogP contribution in [-0.2, 0) is 32.7 Å². The number of hydrogen-bond acceptors (Lipinski definition) is 9. The Bertz CT molecular complexity index is 1130. The predicted octanol–water partition coefficient (Wildman–Crippen LogP) is 11.0. The number of aliphatic hydroxyl groups is 1. The molecule has 0 bridgehead atoms. The van der Waals surface area contributed by atoms with Gasteiger partial charge in [-0.25, -0.2) is 0 Å². The number of carbonyl (C=O) groups excluding carboxylic acids is 2. The van der Waals surface area contributed by atoms with Crippen LogP contribution < -0.4 is 4.89 Å². The Morgan fingerprint density at radius 1 is 0.649 bits per heavy atom. The van der Waals surface area contributed by atoms with Crippen LogP contribution >= 0.6 is 7.82 Å². The molecule has 0 aliphatic rings. The van der Waals surface area contributed by atoms with Gasteiger partial charge in [0.1, 0.15) is 19.8 Å². The first kappa shape index (κ1) is 54.9. The maximum Gasteiger partial charge on any atom is 0.306 e. The zero-order valence-corrected chi connectivity index (χ0v) is 37.8. The van der Waals surface area contributed by atoms with Gasteiger partial charge in [-0.3, -0.25) is 14.2 Å². The van der Waals surface area contributed by atoms with Crippen LogP contribution in [0.25, 0.3) is 0 Å². The summed E-state index contributed by atoms with van der Waals surface area (Å²) in [6, 6.07) is 0. The third-order valence-electron chi connectivity index (χ3n) is 9.46. The standard InChI is InChI=1S/C46H84NO9P/c1-6-8-10-11-12-13-14-15-16-17-20-23-26-29-33-37-45(49)53-41-44(42-55-57(51,52)54-40-39-47(3,4)5)56-46(50)38-34-30-27-24-21-18-19-22-25-28-32-36-43(48)35-31-9-7-2/h18-19,24-25,27-28,32,36,43-44,48H,6-17,20-23,26,29-31,33-35,37-42H2,1-5H3/b19-18-,27-24-,28-25-,36-32+/t43-,44+/m0/s1. The SMILES string of the molecule is CCCCCCCCCCCCCCCCCC(=O)OC[C@H](COP(=O)([O-])OCC[N+](C)(C)C)OC(=O)CCC/C=C\C/C=C\C/C=C\C=C\[C@@H](O)CCCCC. The number of nitrogens with zero attached hydrogens (tertiary/aromatic N) is 1. The number of esters is 2. The minimum Gasteiger partial charge on any atom is -0.756 e. The normalized spacial score (nSPS) is 14.6. The predicted molar refractivity (Wildman–Crippen MR) is 233 cm³/mol. The van der Waals surface area contributed by atoms with E-state index in [9.17, 15) is 24.2 Å². The molecule has 0 aliphatic heterocycles. The van der Waals surface area contributed by atoms with Crippen molar-refractivity contribution in [1.82, 2.24) is 0 Å². The van der Waals surface area contributed by atoms with E-state index in [1.165, 1.54) is 77.0 Å². The number of likely N-dealkylation sites (N-methyl/N-ethyl adjacent to an activating group) is 1. The first-order valence-corrected chi connectivity index (χ1v) is 23.9. The number of allylic oxidation sites excluding steroid dienone is 7. The maximum absolute atomic E-state index is 12.7. The third-order valence-corrected chi connectivity index (χ3v) is 10.4. The molecule has 1 N–H and O–H groups in total. The molecule has 0 aromatic carbocycles. The fourth-order valence-corrected chi connectivity index (χ4v) is 6.60. The summed E-state index contributed by atoms with van der Waals surface area (Å²) in [7, 11) is 1.10. The molecule has 0 saturated heterocycles. The van der Waals surface area contributed by atoms with Gasteiger partial charge in [0.05, 0.1) is 33.9 Å². The fourth-order valence-electron chi connectivity index (χ4n) is 5.88. The molecule has 0 amide bonds. The summed E-state index contributed by atoms with van der Waals surface area (Å²) in [6.45, 7) is 4.02. The van der Waals surface area contributed by atoms with E-state index >= 15 is 0 Å². The van der Waals surface area contributed by atoms with E-state index in [1.807, 2.05) is 57.6 Å². The lowest BCUT2D eigenvalue weighted by Crippen LogP contribution is -2.37. The van der Waals surface area contributed by atoms with Crippen LogP contribution in [0, 0.1) is 0 Å². The summed E-state index contributed by atoms with van der Waals surface area (Å²) in [5, 5.41) is 9.91. The van der Waals surface area contributed by atoms with Crippen molar-refractivity contribution >= 4 is 19.8 Å². The lowest BCUT2D eigenvalue weighted by atomic mass is 10.0. The lowest BCUT2D eigenvalue weighted by Gasteiger charge is -2.28. The van der Waals surface area contributed by atoms with Crippen molar-refractivity contribution < 1.29 is 47.2 Å². The largest absolute Gasteiger partial charge is 0.756 e. The number of quaternary nitrogens is 1. The van der Waals surface area contributed by atoms with Crippen molar-refractivity contribution in [3.8, 4) is 0 Å². The fraction of sp³-hybridized carbons (Fsp3) is 0.783. The number of aliphatic hydroxyl groups excluding tert-OH is 1. The van der Waals surface area contributed by atoms with E-state index in [2.05, 4.69) is 26.0 Å². The Labute approximate surface area is 348 Å². The van der Waals surface area contributed by atoms with Gasteiger partial charge in [0.15, 0.2) is 6.10 Å². The maximum atomic E-state index is 12.7. The summed E-state index contributed by atoms with van der Waals surface area (Å²) in [5.74, 6) is -0.924. The topological polar surface area (TPSA) is 131 Å². The van der Waals surface area contributed by atoms with Crippen molar-refractivity contribution in [2.75, 3.05) is 47.5 Å². The molecule has 0 aliphatic carbocycles. The number of unbranched alkanes of at least 4 members (excludes halogenated alkanes) is 17. The highest BCUT2D eigenvalue weighted by Gasteiger charge is 2.21. The van der Waals surface area contributed by atoms with Crippen molar-refractivity contribution in [2.24, 2.45) is 0 Å². The molecule has 332 valence electrons. The van der Waals surface area contributed by atoms with E-state index in [1.54, 1.807) is 0 Å². The first-order chi connectivity index (χ1) is 27.4. The lowest BCUT2D eigenvalue weighted by molar-refractivity contribution is -0.870. The van der Waals surface area contributed by atoms with Crippen molar-refractivity contribution in [1.29, 1.82) is 0 Å². The van der Waals surface area contributed by atoms with Gasteiger partial charge in [-0.15, -0.1) is 0 Å². The molecular formula is C46H84NO9P. The van der Waals surface area contributed by atoms with Gasteiger partial charge < -0.3 is 33.0 Å². The van der Waals surface area contributed by atoms with Gasteiger partial charge in [-0.05, 0) is 38.5 Å². The Hall–Kier alpha value is -2.07. The Kier molecular flexibility index (Phi) is 36.8. The zero-order chi connectivity index (χ0) is 42.3. The highest BCUT2D eigenvalue weighted by molar-refractivity contribution is 7.45. The number of hydrogen-bond donors (Lipinski definition) is 1. The summed E-state index contributed by atoms with van der Waals surface area (Å²) < 4.78 is 33.8. The molecule has 11 heteroatoms. The number of rotatable bonds is 40. The second-order valence-electron chi connectivity index (χ2n) is 16.3. The van der Waals surface area contributed by atoms with Crippen LogP contribution in [0.2, 0.25) is 0 Å². The summed E-state index contributed by atoms with van der Waals surface area (Å²) >= 11 is 0. The molecule has 10 nitrogen and oxygen atoms in total. The molecule has 1 unspecified atom stereocenters. The monoisotopic (exact) mass is 826 g/mol. The second kappa shape index (κ2) is 38.2. The van der Waals surface area contributed by atoms with Crippen LogP contribution in [-0.4, -0.2) is 81.2 Å². The Balaban J connectivity index is 4.49. The molecule has 0 spiro atoms. The van der Waals surface area contributed by atoms with Crippen LogP contribution in [0.4, 0.5) is 0 Å². The van der Waals surface area contributed by atoms with E-state index in [-0.39, 0.29) is 32.2 Å². The summed E-state index contributed by atoms with van der Waals surface area (Å²) in [5.41, 5.74) is 0.